The highest BCUT2D eigenvalue weighted by atomic mass is 35.5. The Hall–Kier alpha value is -1.35. The molecule has 2 aliphatic heterocycles. The Bertz CT molecular complexity index is 552. The van der Waals surface area contributed by atoms with E-state index in [9.17, 15) is 0 Å². The summed E-state index contributed by atoms with van der Waals surface area (Å²) in [5.74, 6) is 0. The smallest absolute Gasteiger partial charge is 0.108 e. The monoisotopic (exact) mass is 329 g/mol. The molecule has 0 amide bonds. The van der Waals surface area contributed by atoms with Crippen molar-refractivity contribution in [3.8, 4) is 0 Å². The van der Waals surface area contributed by atoms with E-state index in [1.54, 1.807) is 0 Å². The van der Waals surface area contributed by atoms with Crippen molar-refractivity contribution in [2.45, 2.75) is 50.0 Å². The summed E-state index contributed by atoms with van der Waals surface area (Å²) in [6.45, 7) is 0. The van der Waals surface area contributed by atoms with Crippen LogP contribution < -0.4 is 5.32 Å². The summed E-state index contributed by atoms with van der Waals surface area (Å²) < 4.78 is 6.60. The second-order valence-corrected chi connectivity index (χ2v) is 6.57. The van der Waals surface area contributed by atoms with Gasteiger partial charge in [0.25, 0.3) is 0 Å². The van der Waals surface area contributed by atoms with Gasteiger partial charge >= 0.3 is 0 Å². The van der Waals surface area contributed by atoms with E-state index in [1.807, 2.05) is 0 Å². The maximum Gasteiger partial charge on any atom is 0.108 e. The second-order valence-electron chi connectivity index (χ2n) is 6.57. The van der Waals surface area contributed by atoms with E-state index >= 15 is 0 Å². The Balaban J connectivity index is 0.00000156. The molecule has 0 saturated carbocycles. The lowest BCUT2D eigenvalue weighted by Crippen LogP contribution is -2.41. The lowest BCUT2D eigenvalue weighted by Gasteiger charge is -2.32. The van der Waals surface area contributed by atoms with Crippen molar-refractivity contribution < 1.29 is 4.74 Å². The van der Waals surface area contributed by atoms with Crippen molar-refractivity contribution in [1.82, 2.24) is 5.32 Å². The minimum atomic E-state index is 0. The summed E-state index contributed by atoms with van der Waals surface area (Å²) in [5, 5.41) is 3.69. The fourth-order valence-corrected chi connectivity index (χ4v) is 3.91. The van der Waals surface area contributed by atoms with Gasteiger partial charge in [-0.05, 0) is 36.8 Å². The summed E-state index contributed by atoms with van der Waals surface area (Å²) in [4.78, 5) is 0. The molecule has 1 N–H and O–H groups in total. The van der Waals surface area contributed by atoms with Crippen LogP contribution in [0.5, 0.6) is 0 Å². The van der Waals surface area contributed by atoms with Gasteiger partial charge in [0.1, 0.15) is 6.10 Å². The first-order valence-corrected chi connectivity index (χ1v) is 8.40. The van der Waals surface area contributed by atoms with Crippen LogP contribution in [0.3, 0.4) is 0 Å². The standard InChI is InChI=1S/C20H23NO.ClH/c1-3-7-15(8-4-1)20(16-9-5-2-6-10-16)22-19-13-17-11-12-18(14-19)21-17;/h1-10,17-21H,11-14H2;1H. The molecule has 2 aromatic rings. The lowest BCUT2D eigenvalue weighted by molar-refractivity contribution is -0.0181. The van der Waals surface area contributed by atoms with Gasteiger partial charge in [-0.1, -0.05) is 60.7 Å². The quantitative estimate of drug-likeness (QED) is 0.892. The van der Waals surface area contributed by atoms with Crippen LogP contribution in [-0.4, -0.2) is 18.2 Å². The Morgan fingerprint density at radius 3 is 1.74 bits per heavy atom. The fraction of sp³-hybridized carbons (Fsp3) is 0.400. The Kier molecular flexibility index (Phi) is 5.37. The fourth-order valence-electron chi connectivity index (χ4n) is 3.91. The third-order valence-corrected chi connectivity index (χ3v) is 4.96. The zero-order valence-corrected chi connectivity index (χ0v) is 14.0. The SMILES string of the molecule is Cl.c1ccc(C(OC2CC3CCC(C2)N3)c2ccccc2)cc1. The lowest BCUT2D eigenvalue weighted by atomic mass is 9.98. The van der Waals surface area contributed by atoms with Gasteiger partial charge in [-0.15, -0.1) is 12.4 Å². The Morgan fingerprint density at radius 1 is 0.783 bits per heavy atom. The van der Waals surface area contributed by atoms with Crippen LogP contribution in [0, 0.1) is 0 Å². The van der Waals surface area contributed by atoms with Crippen molar-refractivity contribution in [2.24, 2.45) is 0 Å². The van der Waals surface area contributed by atoms with Crippen LogP contribution in [-0.2, 0) is 4.74 Å². The van der Waals surface area contributed by atoms with Gasteiger partial charge in [-0.2, -0.15) is 0 Å². The molecular weight excluding hydrogens is 306 g/mol. The zero-order valence-electron chi connectivity index (χ0n) is 13.2. The topological polar surface area (TPSA) is 21.3 Å². The van der Waals surface area contributed by atoms with Gasteiger partial charge < -0.3 is 10.1 Å². The predicted molar refractivity (Wildman–Crippen MR) is 96.0 cm³/mol. The molecule has 0 radical (unpaired) electrons. The van der Waals surface area contributed by atoms with Crippen molar-refractivity contribution in [3.05, 3.63) is 71.8 Å². The van der Waals surface area contributed by atoms with E-state index in [2.05, 4.69) is 66.0 Å². The van der Waals surface area contributed by atoms with Gasteiger partial charge in [0.05, 0.1) is 6.10 Å². The summed E-state index contributed by atoms with van der Waals surface area (Å²) in [6.07, 6.45) is 5.32. The average Bonchev–Trinajstić information content (AvgIpc) is 2.93. The summed E-state index contributed by atoms with van der Waals surface area (Å²) >= 11 is 0. The minimum absolute atomic E-state index is 0. The number of benzene rings is 2. The number of fused-ring (bicyclic) bond motifs is 2. The first-order chi connectivity index (χ1) is 10.9. The van der Waals surface area contributed by atoms with E-state index in [-0.39, 0.29) is 18.5 Å². The van der Waals surface area contributed by atoms with Gasteiger partial charge in [-0.3, -0.25) is 0 Å². The molecule has 2 aliphatic rings. The number of nitrogens with one attached hydrogen (secondary N) is 1. The summed E-state index contributed by atoms with van der Waals surface area (Å²) in [6, 6.07) is 22.5. The molecule has 2 atom stereocenters. The van der Waals surface area contributed by atoms with Crippen molar-refractivity contribution >= 4 is 12.4 Å². The number of hydrogen-bond donors (Lipinski definition) is 1. The van der Waals surface area contributed by atoms with Crippen molar-refractivity contribution in [2.75, 3.05) is 0 Å². The number of ether oxygens (including phenoxy) is 1. The normalized spacial score (nSPS) is 26.0. The molecule has 3 heteroatoms. The molecule has 2 heterocycles. The van der Waals surface area contributed by atoms with E-state index in [1.165, 1.54) is 24.0 Å². The largest absolute Gasteiger partial charge is 0.365 e. The maximum atomic E-state index is 6.60. The van der Waals surface area contributed by atoms with E-state index < -0.39 is 0 Å². The molecule has 2 fully saturated rings. The molecular formula is C20H24ClNO. The number of rotatable bonds is 4. The highest BCUT2D eigenvalue weighted by molar-refractivity contribution is 5.85. The van der Waals surface area contributed by atoms with Crippen molar-refractivity contribution in [1.29, 1.82) is 0 Å². The van der Waals surface area contributed by atoms with Gasteiger partial charge in [0, 0.05) is 12.1 Å². The predicted octanol–water partition coefficient (Wildman–Crippen LogP) is 4.50. The van der Waals surface area contributed by atoms with Crippen LogP contribution in [0.15, 0.2) is 60.7 Å². The molecule has 4 rings (SSSR count). The first kappa shape index (κ1) is 16.5. The summed E-state index contributed by atoms with van der Waals surface area (Å²) in [5.41, 5.74) is 2.50. The molecule has 2 saturated heterocycles. The molecule has 2 unspecified atom stereocenters. The minimum Gasteiger partial charge on any atom is -0.365 e. The third kappa shape index (κ3) is 3.77. The highest BCUT2D eigenvalue weighted by Gasteiger charge is 2.35. The zero-order chi connectivity index (χ0) is 14.8. The molecule has 0 aromatic heterocycles. The van der Waals surface area contributed by atoms with Gasteiger partial charge in [0.2, 0.25) is 0 Å². The summed E-state index contributed by atoms with van der Waals surface area (Å²) in [7, 11) is 0. The van der Waals surface area contributed by atoms with E-state index in [0.29, 0.717) is 18.2 Å². The van der Waals surface area contributed by atoms with Gasteiger partial charge in [-0.25, -0.2) is 0 Å². The van der Waals surface area contributed by atoms with Crippen molar-refractivity contribution in [3.63, 3.8) is 0 Å². The molecule has 2 bridgehead atoms. The number of hydrogen-bond acceptors (Lipinski definition) is 2. The van der Waals surface area contributed by atoms with E-state index in [0.717, 1.165) is 12.8 Å². The molecule has 0 spiro atoms. The number of piperidine rings is 1. The molecule has 2 aromatic carbocycles. The molecule has 23 heavy (non-hydrogen) atoms. The number of halogens is 1. The van der Waals surface area contributed by atoms with Crippen LogP contribution >= 0.6 is 12.4 Å². The molecule has 0 aliphatic carbocycles. The van der Waals surface area contributed by atoms with Crippen LogP contribution in [0.2, 0.25) is 0 Å². The Morgan fingerprint density at radius 2 is 1.26 bits per heavy atom. The Labute approximate surface area is 144 Å². The highest BCUT2D eigenvalue weighted by Crippen LogP contribution is 2.34. The first-order valence-electron chi connectivity index (χ1n) is 8.40. The van der Waals surface area contributed by atoms with Gasteiger partial charge in [0.15, 0.2) is 0 Å². The second kappa shape index (κ2) is 7.48. The maximum absolute atomic E-state index is 6.60. The van der Waals surface area contributed by atoms with Crippen LogP contribution in [0.4, 0.5) is 0 Å². The average molecular weight is 330 g/mol. The van der Waals surface area contributed by atoms with Crippen LogP contribution in [0.1, 0.15) is 42.9 Å². The molecule has 2 nitrogen and oxygen atoms in total. The van der Waals surface area contributed by atoms with Crippen LogP contribution in [0.25, 0.3) is 0 Å². The third-order valence-electron chi connectivity index (χ3n) is 4.96. The molecule has 122 valence electrons. The van der Waals surface area contributed by atoms with E-state index in [4.69, 9.17) is 4.74 Å².